The fraction of sp³-hybridized carbons (Fsp3) is 0.462. The van der Waals surface area contributed by atoms with Crippen LogP contribution in [-0.4, -0.2) is 17.6 Å². The lowest BCUT2D eigenvalue weighted by Crippen LogP contribution is -2.39. The van der Waals surface area contributed by atoms with Crippen LogP contribution in [0.15, 0.2) is 18.2 Å². The number of phenolic OH excluding ortho intramolecular Hbond substituents is 1. The van der Waals surface area contributed by atoms with Crippen LogP contribution in [0.2, 0.25) is 0 Å². The van der Waals surface area contributed by atoms with Gasteiger partial charge < -0.3 is 16.2 Å². The number of aryl methyl sites for hydroxylation is 1. The molecule has 4 nitrogen and oxygen atoms in total. The Hall–Kier alpha value is -1.55. The molecule has 0 fully saturated rings. The highest BCUT2D eigenvalue weighted by atomic mass is 16.3. The van der Waals surface area contributed by atoms with Gasteiger partial charge in [0, 0.05) is 6.54 Å². The van der Waals surface area contributed by atoms with Crippen LogP contribution in [0.1, 0.15) is 25.8 Å². The van der Waals surface area contributed by atoms with Crippen molar-refractivity contribution >= 4 is 11.6 Å². The van der Waals surface area contributed by atoms with Crippen molar-refractivity contribution in [1.82, 2.24) is 0 Å². The van der Waals surface area contributed by atoms with E-state index in [1.807, 2.05) is 20.8 Å². The molecule has 0 aliphatic carbocycles. The average molecular weight is 236 g/mol. The minimum absolute atomic E-state index is 0.0689. The van der Waals surface area contributed by atoms with E-state index in [2.05, 4.69) is 5.32 Å². The van der Waals surface area contributed by atoms with Gasteiger partial charge in [0.25, 0.3) is 0 Å². The molecular weight excluding hydrogens is 216 g/mol. The highest BCUT2D eigenvalue weighted by Crippen LogP contribution is 2.27. The predicted octanol–water partition coefficient (Wildman–Crippen LogP) is 2.01. The molecular formula is C13H20N2O2. The molecule has 0 saturated heterocycles. The van der Waals surface area contributed by atoms with Gasteiger partial charge in [-0.3, -0.25) is 4.79 Å². The van der Waals surface area contributed by atoms with Crippen LogP contribution >= 0.6 is 0 Å². The average Bonchev–Trinajstić information content (AvgIpc) is 2.32. The van der Waals surface area contributed by atoms with Crippen molar-refractivity contribution in [1.29, 1.82) is 0 Å². The lowest BCUT2D eigenvalue weighted by Gasteiger charge is -2.25. The smallest absolute Gasteiger partial charge is 0.231 e. The molecule has 4 heteroatoms. The Morgan fingerprint density at radius 2 is 2.18 bits per heavy atom. The Bertz CT molecular complexity index is 412. The third kappa shape index (κ3) is 2.97. The Kier molecular flexibility index (Phi) is 4.12. The van der Waals surface area contributed by atoms with Crippen molar-refractivity contribution in [2.24, 2.45) is 11.1 Å². The van der Waals surface area contributed by atoms with Gasteiger partial charge in [-0.25, -0.2) is 0 Å². The molecule has 0 aromatic heterocycles. The maximum atomic E-state index is 12.1. The number of benzene rings is 1. The van der Waals surface area contributed by atoms with E-state index in [9.17, 15) is 9.90 Å². The van der Waals surface area contributed by atoms with Crippen LogP contribution in [0.4, 0.5) is 5.69 Å². The van der Waals surface area contributed by atoms with Gasteiger partial charge in [-0.15, -0.1) is 0 Å². The van der Waals surface area contributed by atoms with Crippen LogP contribution in [-0.2, 0) is 4.79 Å². The van der Waals surface area contributed by atoms with Crippen molar-refractivity contribution in [3.05, 3.63) is 23.8 Å². The summed E-state index contributed by atoms with van der Waals surface area (Å²) >= 11 is 0. The van der Waals surface area contributed by atoms with Gasteiger partial charge in [-0.1, -0.05) is 13.0 Å². The van der Waals surface area contributed by atoms with Gasteiger partial charge in [-0.05, 0) is 38.0 Å². The normalized spacial score (nSPS) is 14.1. The molecule has 0 aliphatic heterocycles. The number of hydrogen-bond donors (Lipinski definition) is 3. The number of carbonyl (C=O) groups is 1. The van der Waals surface area contributed by atoms with E-state index in [-0.39, 0.29) is 18.2 Å². The van der Waals surface area contributed by atoms with E-state index < -0.39 is 5.41 Å². The molecule has 4 N–H and O–H groups in total. The first-order valence-electron chi connectivity index (χ1n) is 5.74. The number of amides is 1. The van der Waals surface area contributed by atoms with Crippen LogP contribution < -0.4 is 11.1 Å². The van der Waals surface area contributed by atoms with Crippen LogP contribution in [0.25, 0.3) is 0 Å². The second kappa shape index (κ2) is 5.19. The molecule has 0 saturated carbocycles. The molecule has 1 atom stereocenters. The maximum Gasteiger partial charge on any atom is 0.231 e. The van der Waals surface area contributed by atoms with Crippen molar-refractivity contribution in [2.45, 2.75) is 27.2 Å². The highest BCUT2D eigenvalue weighted by molar-refractivity contribution is 5.96. The number of carbonyl (C=O) groups excluding carboxylic acids is 1. The summed E-state index contributed by atoms with van der Waals surface area (Å²) in [6.45, 7) is 5.91. The van der Waals surface area contributed by atoms with Crippen molar-refractivity contribution in [3.63, 3.8) is 0 Å². The van der Waals surface area contributed by atoms with Crippen LogP contribution in [0.5, 0.6) is 5.75 Å². The summed E-state index contributed by atoms with van der Waals surface area (Å²) in [5.41, 5.74) is 6.43. The van der Waals surface area contributed by atoms with Crippen molar-refractivity contribution in [2.75, 3.05) is 11.9 Å². The molecule has 17 heavy (non-hydrogen) atoms. The number of phenols is 1. The SMILES string of the molecule is CCC(C)(CN)C(=O)Nc1cc(C)ccc1O. The third-order valence-electron chi connectivity index (χ3n) is 3.18. The van der Waals surface area contributed by atoms with Crippen molar-refractivity contribution < 1.29 is 9.90 Å². The van der Waals surface area contributed by atoms with Gasteiger partial charge in [0.15, 0.2) is 0 Å². The topological polar surface area (TPSA) is 75.4 Å². The van der Waals surface area contributed by atoms with E-state index in [0.717, 1.165) is 5.56 Å². The second-order valence-corrected chi connectivity index (χ2v) is 4.59. The van der Waals surface area contributed by atoms with E-state index in [1.54, 1.807) is 18.2 Å². The number of hydrogen-bond acceptors (Lipinski definition) is 3. The van der Waals surface area contributed by atoms with Crippen molar-refractivity contribution in [3.8, 4) is 5.75 Å². The standard InChI is InChI=1S/C13H20N2O2/c1-4-13(3,8-14)12(17)15-10-7-9(2)5-6-11(10)16/h5-7,16H,4,8,14H2,1-3H3,(H,15,17). The summed E-state index contributed by atoms with van der Waals surface area (Å²) in [5.74, 6) is -0.0946. The summed E-state index contributed by atoms with van der Waals surface area (Å²) in [4.78, 5) is 12.1. The molecule has 1 aromatic rings. The zero-order valence-electron chi connectivity index (χ0n) is 10.6. The quantitative estimate of drug-likeness (QED) is 0.700. The number of aromatic hydroxyl groups is 1. The van der Waals surface area contributed by atoms with Crippen LogP contribution in [0, 0.1) is 12.3 Å². The predicted molar refractivity (Wildman–Crippen MR) is 68.9 cm³/mol. The summed E-state index contributed by atoms with van der Waals surface area (Å²) in [5, 5.41) is 12.4. The summed E-state index contributed by atoms with van der Waals surface area (Å²) in [7, 11) is 0. The highest BCUT2D eigenvalue weighted by Gasteiger charge is 2.30. The molecule has 0 heterocycles. The summed E-state index contributed by atoms with van der Waals surface area (Å²) in [6.07, 6.45) is 0.655. The number of anilines is 1. The number of nitrogens with two attached hydrogens (primary N) is 1. The van der Waals surface area contributed by atoms with E-state index in [4.69, 9.17) is 5.73 Å². The molecule has 0 bridgehead atoms. The Morgan fingerprint density at radius 1 is 1.53 bits per heavy atom. The molecule has 1 aromatic carbocycles. The lowest BCUT2D eigenvalue weighted by atomic mass is 9.86. The van der Waals surface area contributed by atoms with Gasteiger partial charge in [0.05, 0.1) is 11.1 Å². The third-order valence-corrected chi connectivity index (χ3v) is 3.18. The Morgan fingerprint density at radius 3 is 2.71 bits per heavy atom. The molecule has 1 unspecified atom stereocenters. The Balaban J connectivity index is 2.91. The molecule has 1 rings (SSSR count). The van der Waals surface area contributed by atoms with E-state index in [0.29, 0.717) is 12.1 Å². The molecule has 0 aliphatic rings. The van der Waals surface area contributed by atoms with E-state index >= 15 is 0 Å². The zero-order valence-corrected chi connectivity index (χ0v) is 10.6. The number of rotatable bonds is 4. The van der Waals surface area contributed by atoms with Crippen LogP contribution in [0.3, 0.4) is 0 Å². The van der Waals surface area contributed by atoms with Gasteiger partial charge in [0.2, 0.25) is 5.91 Å². The minimum Gasteiger partial charge on any atom is -0.506 e. The molecule has 1 amide bonds. The minimum atomic E-state index is -0.601. The largest absolute Gasteiger partial charge is 0.506 e. The first kappa shape index (κ1) is 13.5. The van der Waals surface area contributed by atoms with E-state index in [1.165, 1.54) is 0 Å². The monoisotopic (exact) mass is 236 g/mol. The fourth-order valence-electron chi connectivity index (χ4n) is 1.42. The van der Waals surface area contributed by atoms with Gasteiger partial charge >= 0.3 is 0 Å². The van der Waals surface area contributed by atoms with Gasteiger partial charge in [0.1, 0.15) is 5.75 Å². The molecule has 94 valence electrons. The first-order chi connectivity index (χ1) is 7.92. The molecule has 0 radical (unpaired) electrons. The fourth-order valence-corrected chi connectivity index (χ4v) is 1.42. The number of nitrogens with one attached hydrogen (secondary N) is 1. The summed E-state index contributed by atoms with van der Waals surface area (Å²) in [6, 6.07) is 5.09. The Labute approximate surface area is 102 Å². The second-order valence-electron chi connectivity index (χ2n) is 4.59. The zero-order chi connectivity index (χ0) is 13.1. The first-order valence-corrected chi connectivity index (χ1v) is 5.74. The molecule has 0 spiro atoms. The van der Waals surface area contributed by atoms with Gasteiger partial charge in [-0.2, -0.15) is 0 Å². The lowest BCUT2D eigenvalue weighted by molar-refractivity contribution is -0.124. The maximum absolute atomic E-state index is 12.1. The summed E-state index contributed by atoms with van der Waals surface area (Å²) < 4.78 is 0.